The predicted octanol–water partition coefficient (Wildman–Crippen LogP) is 5.58. The zero-order chi connectivity index (χ0) is 28.2. The highest BCUT2D eigenvalue weighted by Gasteiger charge is 2.60. The molecule has 1 amide bonds. The lowest BCUT2D eigenvalue weighted by Gasteiger charge is -2.36. The summed E-state index contributed by atoms with van der Waals surface area (Å²) in [5.41, 5.74) is 0.668. The van der Waals surface area contributed by atoms with E-state index in [9.17, 15) is 19.7 Å². The molecule has 0 spiro atoms. The van der Waals surface area contributed by atoms with Crippen molar-refractivity contribution < 1.29 is 9.72 Å². The standard InChI is InChI=1S/C26H20Br2N4O4.C2H3N/c27-18-10-11-20-23(14-18)30(15-17-6-2-1-3-7-17)25(34)26(20,31-13-12-24(33)29-31)21(16-32(35)36)19-8-4-5-9-22(19)28;1-2-3/h1-14,21H,15-16H2,(H,29,33);1H3/t21-,26-;/m1./s1. The van der Waals surface area contributed by atoms with E-state index in [1.807, 2.05) is 42.5 Å². The number of halogens is 2. The van der Waals surface area contributed by atoms with Crippen molar-refractivity contribution in [1.29, 1.82) is 5.26 Å². The van der Waals surface area contributed by atoms with Gasteiger partial charge in [-0.25, -0.2) is 0 Å². The smallest absolute Gasteiger partial charge is 0.264 e. The quantitative estimate of drug-likeness (QED) is 0.206. The SMILES string of the molecule is CC#N.O=C1N(Cc2ccccc2)c2cc(Br)ccc2[C@]1([C@H](C[N+](=O)[O-])c1ccccc1Br)n1ccc(=O)[nH]1. The van der Waals surface area contributed by atoms with Gasteiger partial charge in [0.15, 0.2) is 5.54 Å². The average molecular weight is 653 g/mol. The zero-order valence-corrected chi connectivity index (χ0v) is 23.9. The number of rotatable bonds is 7. The van der Waals surface area contributed by atoms with Crippen LogP contribution in [-0.2, 0) is 16.9 Å². The third-order valence-corrected chi connectivity index (χ3v) is 7.73. The van der Waals surface area contributed by atoms with Crippen LogP contribution in [0.25, 0.3) is 0 Å². The Morgan fingerprint density at radius 3 is 2.33 bits per heavy atom. The van der Waals surface area contributed by atoms with E-state index in [1.165, 1.54) is 23.9 Å². The van der Waals surface area contributed by atoms with Crippen LogP contribution in [0.1, 0.15) is 29.5 Å². The summed E-state index contributed by atoms with van der Waals surface area (Å²) >= 11 is 7.05. The molecule has 0 fully saturated rings. The van der Waals surface area contributed by atoms with E-state index in [0.717, 1.165) is 10.0 Å². The minimum atomic E-state index is -1.61. The Kier molecular flexibility index (Phi) is 8.47. The number of nitrogens with one attached hydrogen (secondary N) is 1. The number of amides is 1. The minimum absolute atomic E-state index is 0.261. The second-order valence-corrected chi connectivity index (χ2v) is 10.5. The fourth-order valence-electron chi connectivity index (χ4n) is 5.04. The van der Waals surface area contributed by atoms with Crippen LogP contribution in [0.2, 0.25) is 0 Å². The summed E-state index contributed by atoms with van der Waals surface area (Å²) in [7, 11) is 0. The van der Waals surface area contributed by atoms with Gasteiger partial charge in [0.05, 0.1) is 24.2 Å². The highest BCUT2D eigenvalue weighted by Crippen LogP contribution is 2.52. The second kappa shape index (κ2) is 11.8. The monoisotopic (exact) mass is 651 g/mol. The van der Waals surface area contributed by atoms with Gasteiger partial charge >= 0.3 is 0 Å². The molecule has 9 nitrogen and oxygen atoms in total. The molecule has 2 heterocycles. The second-order valence-electron chi connectivity index (χ2n) is 8.78. The van der Waals surface area contributed by atoms with E-state index in [4.69, 9.17) is 5.26 Å². The van der Waals surface area contributed by atoms with Crippen LogP contribution in [0, 0.1) is 21.4 Å². The maximum absolute atomic E-state index is 14.6. The number of carbonyl (C=O) groups excluding carboxylic acids is 1. The lowest BCUT2D eigenvalue weighted by molar-refractivity contribution is -0.485. The molecule has 1 aromatic heterocycles. The molecular formula is C28H23Br2N5O4. The van der Waals surface area contributed by atoms with Gasteiger partial charge in [-0.1, -0.05) is 86.5 Å². The Labute approximate surface area is 241 Å². The van der Waals surface area contributed by atoms with E-state index >= 15 is 0 Å². The molecule has 5 rings (SSSR count). The lowest BCUT2D eigenvalue weighted by atomic mass is 9.75. The van der Waals surface area contributed by atoms with Gasteiger partial charge in [0.2, 0.25) is 6.54 Å². The van der Waals surface area contributed by atoms with Crippen LogP contribution in [-0.4, -0.2) is 27.2 Å². The van der Waals surface area contributed by atoms with Crippen LogP contribution in [0.3, 0.4) is 0 Å². The van der Waals surface area contributed by atoms with E-state index in [1.54, 1.807) is 41.3 Å². The van der Waals surface area contributed by atoms with Crippen LogP contribution in [0.15, 0.2) is 98.8 Å². The molecule has 0 aliphatic carbocycles. The number of aromatic nitrogens is 2. The third-order valence-electron chi connectivity index (χ3n) is 6.52. The Balaban J connectivity index is 0.00000112. The molecule has 11 heteroatoms. The molecule has 0 saturated heterocycles. The van der Waals surface area contributed by atoms with Crippen molar-refractivity contribution in [2.24, 2.45) is 0 Å². The summed E-state index contributed by atoms with van der Waals surface area (Å²) in [6.07, 6.45) is 1.49. The number of aromatic amines is 1. The van der Waals surface area contributed by atoms with Crippen molar-refractivity contribution in [3.8, 4) is 6.07 Å². The molecule has 1 aliphatic rings. The first kappa shape index (κ1) is 28.0. The van der Waals surface area contributed by atoms with Gasteiger partial charge in [0.25, 0.3) is 11.5 Å². The number of benzene rings is 3. The molecule has 0 unspecified atom stereocenters. The third kappa shape index (κ3) is 5.30. The first-order valence-corrected chi connectivity index (χ1v) is 13.4. The molecule has 39 heavy (non-hydrogen) atoms. The highest BCUT2D eigenvalue weighted by atomic mass is 79.9. The van der Waals surface area contributed by atoms with E-state index in [-0.39, 0.29) is 12.5 Å². The number of hydrogen-bond acceptors (Lipinski definition) is 5. The van der Waals surface area contributed by atoms with E-state index in [0.29, 0.717) is 21.3 Å². The van der Waals surface area contributed by atoms with Crippen molar-refractivity contribution in [3.63, 3.8) is 0 Å². The maximum atomic E-state index is 14.6. The summed E-state index contributed by atoms with van der Waals surface area (Å²) in [4.78, 5) is 40.2. The van der Waals surface area contributed by atoms with Crippen molar-refractivity contribution in [2.45, 2.75) is 24.9 Å². The first-order chi connectivity index (χ1) is 18.7. The number of nitriles is 1. The van der Waals surface area contributed by atoms with Crippen molar-refractivity contribution in [3.05, 3.63) is 131 Å². The number of anilines is 1. The van der Waals surface area contributed by atoms with Gasteiger partial charge in [0, 0.05) is 38.6 Å². The molecule has 1 N–H and O–H groups in total. The average Bonchev–Trinajstić information content (AvgIpc) is 3.44. The Morgan fingerprint density at radius 1 is 1.05 bits per heavy atom. The van der Waals surface area contributed by atoms with E-state index < -0.39 is 28.5 Å². The molecule has 2 atom stereocenters. The number of nitrogens with zero attached hydrogens (tertiary/aromatic N) is 4. The molecule has 1 aliphatic heterocycles. The summed E-state index contributed by atoms with van der Waals surface area (Å²) in [5.74, 6) is -1.31. The predicted molar refractivity (Wildman–Crippen MR) is 154 cm³/mol. The van der Waals surface area contributed by atoms with Gasteiger partial charge in [-0.05, 0) is 29.3 Å². The number of carbonyl (C=O) groups is 1. The molecular weight excluding hydrogens is 630 g/mol. The fraction of sp³-hybridized carbons (Fsp3) is 0.179. The molecule has 0 saturated carbocycles. The summed E-state index contributed by atoms with van der Waals surface area (Å²) in [6, 6.07) is 25.2. The molecule has 3 aromatic carbocycles. The van der Waals surface area contributed by atoms with Gasteiger partial charge in [-0.2, -0.15) is 5.26 Å². The largest absolute Gasteiger partial charge is 0.305 e. The number of H-pyrrole nitrogens is 1. The number of fused-ring (bicyclic) bond motifs is 1. The van der Waals surface area contributed by atoms with Crippen molar-refractivity contribution in [2.75, 3.05) is 11.4 Å². The Bertz CT molecular complexity index is 1610. The molecule has 0 bridgehead atoms. The first-order valence-electron chi connectivity index (χ1n) is 11.8. The van der Waals surface area contributed by atoms with Crippen molar-refractivity contribution in [1.82, 2.24) is 9.78 Å². The van der Waals surface area contributed by atoms with Gasteiger partial charge in [-0.15, -0.1) is 0 Å². The van der Waals surface area contributed by atoms with Gasteiger partial charge in [0.1, 0.15) is 0 Å². The normalized spacial score (nSPS) is 16.6. The molecule has 0 radical (unpaired) electrons. The number of hydrogen-bond donors (Lipinski definition) is 1. The Hall–Kier alpha value is -4.01. The topological polar surface area (TPSA) is 125 Å². The minimum Gasteiger partial charge on any atom is -0.305 e. The number of nitro groups is 1. The van der Waals surface area contributed by atoms with Crippen LogP contribution in [0.5, 0.6) is 0 Å². The summed E-state index contributed by atoms with van der Waals surface area (Å²) < 4.78 is 2.83. The Morgan fingerprint density at radius 2 is 1.72 bits per heavy atom. The van der Waals surface area contributed by atoms with Crippen LogP contribution >= 0.6 is 31.9 Å². The zero-order valence-electron chi connectivity index (χ0n) is 20.8. The molecule has 4 aromatic rings. The van der Waals surface area contributed by atoms with Gasteiger partial charge in [-0.3, -0.25) is 29.5 Å². The molecule has 198 valence electrons. The summed E-state index contributed by atoms with van der Waals surface area (Å²) in [6.45, 7) is 1.15. The summed E-state index contributed by atoms with van der Waals surface area (Å²) in [5, 5.41) is 22.1. The van der Waals surface area contributed by atoms with Crippen molar-refractivity contribution >= 4 is 43.5 Å². The highest BCUT2D eigenvalue weighted by molar-refractivity contribution is 9.10. The van der Waals surface area contributed by atoms with E-state index in [2.05, 4.69) is 37.0 Å². The lowest BCUT2D eigenvalue weighted by Crippen LogP contribution is -2.52. The van der Waals surface area contributed by atoms with Crippen LogP contribution < -0.4 is 10.5 Å². The fourth-order valence-corrected chi connectivity index (χ4v) is 5.95. The van der Waals surface area contributed by atoms with Crippen LogP contribution in [0.4, 0.5) is 5.69 Å². The van der Waals surface area contributed by atoms with Gasteiger partial charge < -0.3 is 4.90 Å². The maximum Gasteiger partial charge on any atom is 0.264 e.